The third kappa shape index (κ3) is 5.13. The summed E-state index contributed by atoms with van der Waals surface area (Å²) in [5, 5.41) is 19.9. The van der Waals surface area contributed by atoms with Gasteiger partial charge >= 0.3 is 5.97 Å². The Labute approximate surface area is 122 Å². The van der Waals surface area contributed by atoms with Gasteiger partial charge in [-0.2, -0.15) is 0 Å². The number of ether oxygens (including phenoxy) is 2. The number of carboxylic acids is 1. The van der Waals surface area contributed by atoms with E-state index in [9.17, 15) is 14.9 Å². The molecule has 0 saturated carbocycles. The molecule has 1 rings (SSSR count). The number of aryl methyl sites for hydroxylation is 1. The van der Waals surface area contributed by atoms with Crippen LogP contribution in [0.2, 0.25) is 0 Å². The predicted octanol–water partition coefficient (Wildman–Crippen LogP) is 2.62. The molecule has 1 N–H and O–H groups in total. The number of nitro benzene ring substituents is 1. The van der Waals surface area contributed by atoms with Crippen molar-refractivity contribution in [2.75, 3.05) is 13.2 Å². The van der Waals surface area contributed by atoms with Crippen molar-refractivity contribution in [3.8, 4) is 0 Å². The lowest BCUT2D eigenvalue weighted by Crippen LogP contribution is -2.18. The van der Waals surface area contributed by atoms with Crippen LogP contribution in [0, 0.1) is 10.1 Å². The number of nitrogens with zero attached hydrogens (tertiary/aromatic N) is 1. The predicted molar refractivity (Wildman–Crippen MR) is 75.4 cm³/mol. The standard InChI is InChI=1S/C14H19NO6/c1-3-20-13(21-4-2)8-5-10-9-11(15(18)19)6-7-12(10)14(16)17/h6-7,9,13H,3-5,8H2,1-2H3,(H,16,17). The highest BCUT2D eigenvalue weighted by atomic mass is 16.7. The summed E-state index contributed by atoms with van der Waals surface area (Å²) in [4.78, 5) is 21.4. The topological polar surface area (TPSA) is 98.9 Å². The van der Waals surface area contributed by atoms with E-state index in [1.54, 1.807) is 0 Å². The van der Waals surface area contributed by atoms with Crippen molar-refractivity contribution in [3.05, 3.63) is 39.4 Å². The Hall–Kier alpha value is -1.99. The zero-order valence-corrected chi connectivity index (χ0v) is 12.1. The molecule has 0 aliphatic carbocycles. The lowest BCUT2D eigenvalue weighted by molar-refractivity contribution is -0.384. The number of carbonyl (C=O) groups is 1. The lowest BCUT2D eigenvalue weighted by atomic mass is 10.0. The molecule has 0 atom stereocenters. The maximum atomic E-state index is 11.2. The summed E-state index contributed by atoms with van der Waals surface area (Å²) < 4.78 is 10.8. The molecule has 7 nitrogen and oxygen atoms in total. The zero-order chi connectivity index (χ0) is 15.8. The van der Waals surface area contributed by atoms with Crippen LogP contribution in [0.5, 0.6) is 0 Å². The monoisotopic (exact) mass is 297 g/mol. The molecular formula is C14H19NO6. The van der Waals surface area contributed by atoms with Crippen molar-refractivity contribution in [1.82, 2.24) is 0 Å². The molecule has 0 aliphatic rings. The van der Waals surface area contributed by atoms with Gasteiger partial charge in [0, 0.05) is 31.8 Å². The van der Waals surface area contributed by atoms with Gasteiger partial charge < -0.3 is 14.6 Å². The number of benzene rings is 1. The van der Waals surface area contributed by atoms with Crippen molar-refractivity contribution in [2.45, 2.75) is 33.0 Å². The summed E-state index contributed by atoms with van der Waals surface area (Å²) in [5.74, 6) is -1.11. The van der Waals surface area contributed by atoms with Crippen LogP contribution in [0.3, 0.4) is 0 Å². The molecule has 0 fully saturated rings. The van der Waals surface area contributed by atoms with Crippen molar-refractivity contribution >= 4 is 11.7 Å². The number of carboxylic acid groups (broad SMARTS) is 1. The first-order valence-electron chi connectivity index (χ1n) is 6.73. The van der Waals surface area contributed by atoms with Gasteiger partial charge in [0.25, 0.3) is 5.69 Å². The fraction of sp³-hybridized carbons (Fsp3) is 0.500. The van der Waals surface area contributed by atoms with Crippen molar-refractivity contribution < 1.29 is 24.3 Å². The van der Waals surface area contributed by atoms with Gasteiger partial charge in [-0.15, -0.1) is 0 Å². The smallest absolute Gasteiger partial charge is 0.335 e. The minimum Gasteiger partial charge on any atom is -0.478 e. The van der Waals surface area contributed by atoms with Gasteiger partial charge in [-0.05, 0) is 31.9 Å². The van der Waals surface area contributed by atoms with E-state index in [4.69, 9.17) is 14.6 Å². The largest absolute Gasteiger partial charge is 0.478 e. The Kier molecular flexibility index (Phi) is 6.77. The minimum absolute atomic E-state index is 0.0624. The van der Waals surface area contributed by atoms with Crippen molar-refractivity contribution in [2.24, 2.45) is 0 Å². The summed E-state index contributed by atoms with van der Waals surface area (Å²) in [6.07, 6.45) is 0.317. The third-order valence-corrected chi connectivity index (χ3v) is 2.88. The highest BCUT2D eigenvalue weighted by Crippen LogP contribution is 2.20. The van der Waals surface area contributed by atoms with Crippen LogP contribution in [0.4, 0.5) is 5.69 Å². The van der Waals surface area contributed by atoms with Crippen LogP contribution < -0.4 is 0 Å². The van der Waals surface area contributed by atoms with Crippen LogP contribution in [0.25, 0.3) is 0 Å². The molecular weight excluding hydrogens is 278 g/mol. The molecule has 0 amide bonds. The first-order valence-corrected chi connectivity index (χ1v) is 6.73. The average Bonchev–Trinajstić information content (AvgIpc) is 2.44. The zero-order valence-electron chi connectivity index (χ0n) is 12.1. The first-order chi connectivity index (χ1) is 9.99. The van der Waals surface area contributed by atoms with E-state index in [0.717, 1.165) is 0 Å². The van der Waals surface area contributed by atoms with Gasteiger partial charge in [-0.25, -0.2) is 4.79 Å². The molecule has 0 aliphatic heterocycles. The molecule has 0 bridgehead atoms. The van der Waals surface area contributed by atoms with E-state index in [0.29, 0.717) is 31.6 Å². The maximum absolute atomic E-state index is 11.2. The van der Waals surface area contributed by atoms with E-state index in [-0.39, 0.29) is 11.3 Å². The summed E-state index contributed by atoms with van der Waals surface area (Å²) in [6.45, 7) is 4.63. The number of non-ortho nitro benzene ring substituents is 1. The Morgan fingerprint density at radius 3 is 2.43 bits per heavy atom. The van der Waals surface area contributed by atoms with E-state index in [1.165, 1.54) is 18.2 Å². The second kappa shape index (κ2) is 8.33. The van der Waals surface area contributed by atoms with Crippen LogP contribution in [-0.2, 0) is 15.9 Å². The minimum atomic E-state index is -1.11. The second-order valence-electron chi connectivity index (χ2n) is 4.28. The van der Waals surface area contributed by atoms with Crippen LogP contribution in [-0.4, -0.2) is 35.5 Å². The molecule has 0 spiro atoms. The molecule has 0 radical (unpaired) electrons. The fourth-order valence-electron chi connectivity index (χ4n) is 1.97. The van der Waals surface area contributed by atoms with Gasteiger partial charge in [-0.3, -0.25) is 10.1 Å². The maximum Gasteiger partial charge on any atom is 0.335 e. The molecule has 21 heavy (non-hydrogen) atoms. The molecule has 0 unspecified atom stereocenters. The number of hydrogen-bond donors (Lipinski definition) is 1. The van der Waals surface area contributed by atoms with E-state index in [2.05, 4.69) is 0 Å². The fourth-order valence-corrected chi connectivity index (χ4v) is 1.97. The summed E-state index contributed by atoms with van der Waals surface area (Å²) in [5.41, 5.74) is 0.341. The normalized spacial score (nSPS) is 10.8. The number of aromatic carboxylic acids is 1. The molecule has 0 saturated heterocycles. The summed E-state index contributed by atoms with van der Waals surface area (Å²) >= 11 is 0. The van der Waals surface area contributed by atoms with Gasteiger partial charge in [-0.1, -0.05) is 0 Å². The Morgan fingerprint density at radius 1 is 1.33 bits per heavy atom. The Bertz CT molecular complexity index is 496. The van der Waals surface area contributed by atoms with Crippen LogP contribution in [0.15, 0.2) is 18.2 Å². The van der Waals surface area contributed by atoms with Crippen molar-refractivity contribution in [1.29, 1.82) is 0 Å². The molecule has 1 aromatic rings. The molecule has 116 valence electrons. The number of hydrogen-bond acceptors (Lipinski definition) is 5. The molecule has 0 aromatic heterocycles. The highest BCUT2D eigenvalue weighted by molar-refractivity contribution is 5.89. The van der Waals surface area contributed by atoms with Gasteiger partial charge in [0.2, 0.25) is 0 Å². The molecule has 1 aromatic carbocycles. The average molecular weight is 297 g/mol. The molecule has 7 heteroatoms. The Balaban J connectivity index is 2.90. The second-order valence-corrected chi connectivity index (χ2v) is 4.28. The van der Waals surface area contributed by atoms with Gasteiger partial charge in [0.05, 0.1) is 10.5 Å². The summed E-state index contributed by atoms with van der Waals surface area (Å²) in [7, 11) is 0. The third-order valence-electron chi connectivity index (χ3n) is 2.88. The van der Waals surface area contributed by atoms with Crippen LogP contribution in [0.1, 0.15) is 36.2 Å². The number of rotatable bonds is 9. The van der Waals surface area contributed by atoms with E-state index < -0.39 is 17.2 Å². The van der Waals surface area contributed by atoms with E-state index in [1.807, 2.05) is 13.8 Å². The first kappa shape index (κ1) is 17.1. The molecule has 0 heterocycles. The Morgan fingerprint density at radius 2 is 1.95 bits per heavy atom. The SMILES string of the molecule is CCOC(CCc1cc([N+](=O)[O-])ccc1C(=O)O)OCC. The van der Waals surface area contributed by atoms with Gasteiger partial charge in [0.1, 0.15) is 0 Å². The van der Waals surface area contributed by atoms with Crippen LogP contribution >= 0.6 is 0 Å². The van der Waals surface area contributed by atoms with Crippen molar-refractivity contribution in [3.63, 3.8) is 0 Å². The van der Waals surface area contributed by atoms with Gasteiger partial charge in [0.15, 0.2) is 6.29 Å². The lowest BCUT2D eigenvalue weighted by Gasteiger charge is -2.17. The highest BCUT2D eigenvalue weighted by Gasteiger charge is 2.17. The summed E-state index contributed by atoms with van der Waals surface area (Å²) in [6, 6.07) is 3.74. The van der Waals surface area contributed by atoms with E-state index >= 15 is 0 Å². The quantitative estimate of drug-likeness (QED) is 0.427. The number of nitro groups is 1.